The van der Waals surface area contributed by atoms with E-state index in [-0.39, 0.29) is 17.5 Å². The molecule has 2 rings (SSSR count). The summed E-state index contributed by atoms with van der Waals surface area (Å²) in [4.78, 5) is 12.9. The van der Waals surface area contributed by atoms with E-state index in [0.29, 0.717) is 17.0 Å². The second-order valence-electron chi connectivity index (χ2n) is 4.51. The van der Waals surface area contributed by atoms with E-state index >= 15 is 0 Å². The number of hydrogen-bond donors (Lipinski definition) is 2. The van der Waals surface area contributed by atoms with Crippen molar-refractivity contribution in [2.45, 2.75) is 18.7 Å². The molecule has 0 bridgehead atoms. The van der Waals surface area contributed by atoms with Crippen molar-refractivity contribution in [3.8, 4) is 6.07 Å². The van der Waals surface area contributed by atoms with Crippen molar-refractivity contribution < 1.29 is 9.21 Å². The standard InChI is InChI=1S/C15H15N3O2S/c1-9-10(2)20-15(13(9)7-16)18-14(19)8-21-12-5-3-11(17)4-6-12/h3-6H,8,17H2,1-2H3,(H,18,19). The molecule has 1 aromatic carbocycles. The molecule has 0 spiro atoms. The Morgan fingerprint density at radius 2 is 2.05 bits per heavy atom. The average Bonchev–Trinajstić information content (AvgIpc) is 2.72. The summed E-state index contributed by atoms with van der Waals surface area (Å²) in [5.74, 6) is 0.860. The Morgan fingerprint density at radius 1 is 1.38 bits per heavy atom. The van der Waals surface area contributed by atoms with Gasteiger partial charge in [0.15, 0.2) is 0 Å². The third kappa shape index (κ3) is 3.58. The highest BCUT2D eigenvalue weighted by Crippen LogP contribution is 2.26. The molecule has 6 heteroatoms. The predicted octanol–water partition coefficient (Wildman–Crippen LogP) is 3.08. The largest absolute Gasteiger partial charge is 0.444 e. The molecule has 5 nitrogen and oxygen atoms in total. The first kappa shape index (κ1) is 15.0. The van der Waals surface area contributed by atoms with Gasteiger partial charge in [-0.15, -0.1) is 11.8 Å². The molecule has 0 saturated carbocycles. The smallest absolute Gasteiger partial charge is 0.237 e. The molecule has 108 valence electrons. The van der Waals surface area contributed by atoms with Gasteiger partial charge in [0.05, 0.1) is 5.75 Å². The van der Waals surface area contributed by atoms with Crippen LogP contribution in [0.2, 0.25) is 0 Å². The van der Waals surface area contributed by atoms with E-state index in [2.05, 4.69) is 5.32 Å². The van der Waals surface area contributed by atoms with Crippen molar-refractivity contribution in [2.75, 3.05) is 16.8 Å². The van der Waals surface area contributed by atoms with Crippen LogP contribution in [0.3, 0.4) is 0 Å². The highest BCUT2D eigenvalue weighted by Gasteiger charge is 2.16. The van der Waals surface area contributed by atoms with Gasteiger partial charge in [-0.3, -0.25) is 10.1 Å². The molecular formula is C15H15N3O2S. The Hall–Kier alpha value is -2.39. The minimum Gasteiger partial charge on any atom is -0.444 e. The molecular weight excluding hydrogens is 286 g/mol. The van der Waals surface area contributed by atoms with Gasteiger partial charge in [-0.1, -0.05) is 0 Å². The fourth-order valence-corrected chi connectivity index (χ4v) is 2.42. The highest BCUT2D eigenvalue weighted by molar-refractivity contribution is 8.00. The number of nitrogens with two attached hydrogens (primary N) is 1. The minimum absolute atomic E-state index is 0.218. The third-order valence-electron chi connectivity index (χ3n) is 3.00. The monoisotopic (exact) mass is 301 g/mol. The molecule has 0 aliphatic carbocycles. The number of thioether (sulfide) groups is 1. The van der Waals surface area contributed by atoms with Crippen LogP contribution in [0.5, 0.6) is 0 Å². The fourth-order valence-electron chi connectivity index (χ4n) is 1.73. The number of nitrogens with zero attached hydrogens (tertiary/aromatic N) is 1. The number of nitrogen functional groups attached to an aromatic ring is 1. The number of carbonyl (C=O) groups is 1. The normalized spacial score (nSPS) is 10.1. The summed E-state index contributed by atoms with van der Waals surface area (Å²) < 4.78 is 5.39. The zero-order valence-electron chi connectivity index (χ0n) is 11.8. The lowest BCUT2D eigenvalue weighted by molar-refractivity contribution is -0.113. The van der Waals surface area contributed by atoms with Crippen molar-refractivity contribution >= 4 is 29.2 Å². The summed E-state index contributed by atoms with van der Waals surface area (Å²) in [6.07, 6.45) is 0. The van der Waals surface area contributed by atoms with Gasteiger partial charge in [-0.05, 0) is 38.1 Å². The average molecular weight is 301 g/mol. The quantitative estimate of drug-likeness (QED) is 0.668. The Kier molecular flexibility index (Phi) is 4.55. The van der Waals surface area contributed by atoms with Gasteiger partial charge in [0.25, 0.3) is 0 Å². The van der Waals surface area contributed by atoms with Crippen LogP contribution in [0.15, 0.2) is 33.6 Å². The molecule has 0 unspecified atom stereocenters. The summed E-state index contributed by atoms with van der Waals surface area (Å²) in [7, 11) is 0. The number of benzene rings is 1. The van der Waals surface area contributed by atoms with Crippen LogP contribution in [0.25, 0.3) is 0 Å². The van der Waals surface area contributed by atoms with Crippen LogP contribution in [-0.2, 0) is 4.79 Å². The molecule has 2 aromatic rings. The van der Waals surface area contributed by atoms with Crippen LogP contribution >= 0.6 is 11.8 Å². The Balaban J connectivity index is 1.98. The van der Waals surface area contributed by atoms with Crippen LogP contribution < -0.4 is 11.1 Å². The van der Waals surface area contributed by atoms with Crippen LogP contribution in [0, 0.1) is 25.2 Å². The molecule has 0 saturated heterocycles. The summed E-state index contributed by atoms with van der Waals surface area (Å²) in [6, 6.07) is 9.32. The number of carbonyl (C=O) groups excluding carboxylic acids is 1. The number of nitriles is 1. The van der Waals surface area contributed by atoms with Gasteiger partial charge in [0, 0.05) is 16.1 Å². The number of furan rings is 1. The SMILES string of the molecule is Cc1oc(NC(=O)CSc2ccc(N)cc2)c(C#N)c1C. The van der Waals surface area contributed by atoms with Crippen molar-refractivity contribution in [1.82, 2.24) is 0 Å². The molecule has 1 aromatic heterocycles. The van der Waals surface area contributed by atoms with Crippen molar-refractivity contribution in [3.63, 3.8) is 0 Å². The summed E-state index contributed by atoms with van der Waals surface area (Å²) >= 11 is 1.39. The molecule has 3 N–H and O–H groups in total. The zero-order chi connectivity index (χ0) is 15.4. The van der Waals surface area contributed by atoms with Crippen molar-refractivity contribution in [3.05, 3.63) is 41.2 Å². The molecule has 0 radical (unpaired) electrons. The van der Waals surface area contributed by atoms with E-state index in [1.54, 1.807) is 26.0 Å². The lowest BCUT2D eigenvalue weighted by atomic mass is 10.2. The van der Waals surface area contributed by atoms with Crippen LogP contribution in [-0.4, -0.2) is 11.7 Å². The van der Waals surface area contributed by atoms with E-state index < -0.39 is 0 Å². The van der Waals surface area contributed by atoms with Gasteiger partial charge < -0.3 is 10.2 Å². The number of rotatable bonds is 4. The molecule has 0 fully saturated rings. The minimum atomic E-state index is -0.220. The molecule has 0 aliphatic rings. The number of anilines is 2. The molecule has 1 amide bonds. The number of hydrogen-bond acceptors (Lipinski definition) is 5. The van der Waals surface area contributed by atoms with E-state index in [0.717, 1.165) is 10.5 Å². The van der Waals surface area contributed by atoms with Crippen LogP contribution in [0.4, 0.5) is 11.6 Å². The number of nitrogens with one attached hydrogen (secondary N) is 1. The van der Waals surface area contributed by atoms with Crippen molar-refractivity contribution in [2.24, 2.45) is 0 Å². The summed E-state index contributed by atoms with van der Waals surface area (Å²) in [6.45, 7) is 3.55. The first-order valence-electron chi connectivity index (χ1n) is 6.29. The molecule has 21 heavy (non-hydrogen) atoms. The van der Waals surface area contributed by atoms with Gasteiger partial charge in [-0.25, -0.2) is 0 Å². The maximum absolute atomic E-state index is 11.9. The zero-order valence-corrected chi connectivity index (χ0v) is 12.6. The first-order chi connectivity index (χ1) is 10.0. The van der Waals surface area contributed by atoms with Gasteiger partial charge in [-0.2, -0.15) is 5.26 Å². The van der Waals surface area contributed by atoms with E-state index in [9.17, 15) is 4.79 Å². The fraction of sp³-hybridized carbons (Fsp3) is 0.200. The van der Waals surface area contributed by atoms with Gasteiger partial charge in [0.1, 0.15) is 17.4 Å². The summed E-state index contributed by atoms with van der Waals surface area (Å²) in [5, 5.41) is 11.7. The second-order valence-corrected chi connectivity index (χ2v) is 5.55. The lowest BCUT2D eigenvalue weighted by Crippen LogP contribution is -2.14. The number of aryl methyl sites for hydroxylation is 1. The van der Waals surface area contributed by atoms with E-state index in [1.807, 2.05) is 18.2 Å². The maximum Gasteiger partial charge on any atom is 0.237 e. The summed E-state index contributed by atoms with van der Waals surface area (Å²) in [5.41, 5.74) is 7.41. The van der Waals surface area contributed by atoms with Gasteiger partial charge >= 0.3 is 0 Å². The topological polar surface area (TPSA) is 92.1 Å². The van der Waals surface area contributed by atoms with E-state index in [1.165, 1.54) is 11.8 Å². The Morgan fingerprint density at radius 3 is 2.67 bits per heavy atom. The number of amides is 1. The Labute approximate surface area is 127 Å². The Bertz CT molecular complexity index is 699. The first-order valence-corrected chi connectivity index (χ1v) is 7.28. The van der Waals surface area contributed by atoms with Crippen LogP contribution in [0.1, 0.15) is 16.9 Å². The van der Waals surface area contributed by atoms with Gasteiger partial charge in [0.2, 0.25) is 11.8 Å². The predicted molar refractivity (Wildman–Crippen MR) is 83.1 cm³/mol. The molecule has 0 atom stereocenters. The van der Waals surface area contributed by atoms with E-state index in [4.69, 9.17) is 15.4 Å². The maximum atomic E-state index is 11.9. The third-order valence-corrected chi connectivity index (χ3v) is 4.01. The molecule has 1 heterocycles. The second kappa shape index (κ2) is 6.37. The lowest BCUT2D eigenvalue weighted by Gasteiger charge is -2.03. The molecule has 0 aliphatic heterocycles. The highest BCUT2D eigenvalue weighted by atomic mass is 32.2. The van der Waals surface area contributed by atoms with Crippen molar-refractivity contribution in [1.29, 1.82) is 5.26 Å².